The molecule has 0 radical (unpaired) electrons. The maximum atomic E-state index is 8.38. The Hall–Kier alpha value is -1.24. The van der Waals surface area contributed by atoms with Gasteiger partial charge in [0.1, 0.15) is 0 Å². The molecule has 1 unspecified atom stereocenters. The Morgan fingerprint density at radius 3 is 3.09 bits per heavy atom. The molecule has 58 valence electrons. The van der Waals surface area contributed by atoms with Gasteiger partial charge in [0, 0.05) is 0 Å². The van der Waals surface area contributed by atoms with E-state index in [4.69, 9.17) is 9.62 Å². The van der Waals surface area contributed by atoms with E-state index in [1.54, 1.807) is 25.3 Å². The number of hydroxylamine groups is 1. The van der Waals surface area contributed by atoms with E-state index in [0.717, 1.165) is 0 Å². The van der Waals surface area contributed by atoms with Gasteiger partial charge < -0.3 is 9.62 Å². The van der Waals surface area contributed by atoms with Gasteiger partial charge in [0.25, 0.3) is 0 Å². The molecule has 0 amide bonds. The average Bonchev–Trinajstić information content (AvgIpc) is 2.52. The van der Waals surface area contributed by atoms with Crippen molar-refractivity contribution in [1.29, 1.82) is 0 Å². The maximum absolute atomic E-state index is 8.38. The van der Waals surface area contributed by atoms with Crippen LogP contribution in [0.3, 0.4) is 0 Å². The molecule has 0 aliphatic heterocycles. The van der Waals surface area contributed by atoms with E-state index in [1.165, 1.54) is 0 Å². The van der Waals surface area contributed by atoms with E-state index in [-0.39, 0.29) is 6.04 Å². The van der Waals surface area contributed by atoms with Crippen molar-refractivity contribution in [2.45, 2.75) is 13.0 Å². The molecule has 1 aromatic rings. The number of nitrogens with one attached hydrogen (secondary N) is 1. The third-order valence-corrected chi connectivity index (χ3v) is 1.13. The van der Waals surface area contributed by atoms with E-state index in [2.05, 4.69) is 11.8 Å². The first-order valence-corrected chi connectivity index (χ1v) is 3.27. The second kappa shape index (κ2) is 3.81. The average molecular weight is 151 g/mol. The Labute approximate surface area is 65.0 Å². The number of hydrogen-bond donors (Lipinski definition) is 2. The minimum Gasteiger partial charge on any atom is -0.456 e. The molecule has 0 aliphatic carbocycles. The third-order valence-electron chi connectivity index (χ3n) is 1.13. The van der Waals surface area contributed by atoms with Crippen molar-refractivity contribution < 1.29 is 9.62 Å². The van der Waals surface area contributed by atoms with Gasteiger partial charge in [-0.05, 0) is 25.0 Å². The van der Waals surface area contributed by atoms with Gasteiger partial charge in [-0.25, -0.2) is 0 Å². The minimum absolute atomic E-state index is 0.236. The Kier molecular flexibility index (Phi) is 2.73. The quantitative estimate of drug-likeness (QED) is 0.465. The van der Waals surface area contributed by atoms with Gasteiger partial charge >= 0.3 is 0 Å². The number of rotatable bonds is 1. The molecule has 2 N–H and O–H groups in total. The molecule has 0 aliphatic rings. The van der Waals surface area contributed by atoms with Crippen molar-refractivity contribution in [2.24, 2.45) is 0 Å². The first kappa shape index (κ1) is 7.86. The van der Waals surface area contributed by atoms with Crippen molar-refractivity contribution in [1.82, 2.24) is 5.48 Å². The molecule has 0 aromatic carbocycles. The van der Waals surface area contributed by atoms with Crippen LogP contribution in [0.25, 0.3) is 0 Å². The molecular formula is C8H9NO2. The summed E-state index contributed by atoms with van der Waals surface area (Å²) in [5.74, 6) is 6.07. The lowest BCUT2D eigenvalue weighted by atomic mass is 10.3. The van der Waals surface area contributed by atoms with Crippen molar-refractivity contribution in [3.8, 4) is 11.8 Å². The highest BCUT2D eigenvalue weighted by Crippen LogP contribution is 1.95. The van der Waals surface area contributed by atoms with Crippen LogP contribution in [0, 0.1) is 11.8 Å². The first-order valence-electron chi connectivity index (χ1n) is 3.27. The molecule has 1 atom stereocenters. The Balaban J connectivity index is 2.58. The fraction of sp³-hybridized carbons (Fsp3) is 0.250. The molecular weight excluding hydrogens is 142 g/mol. The summed E-state index contributed by atoms with van der Waals surface area (Å²) >= 11 is 0. The largest absolute Gasteiger partial charge is 0.456 e. The second-order valence-corrected chi connectivity index (χ2v) is 2.10. The molecule has 1 rings (SSSR count). The van der Waals surface area contributed by atoms with Gasteiger partial charge in [-0.2, -0.15) is 5.48 Å². The van der Waals surface area contributed by atoms with Crippen molar-refractivity contribution in [3.05, 3.63) is 24.2 Å². The lowest BCUT2D eigenvalue weighted by Crippen LogP contribution is -2.19. The third kappa shape index (κ3) is 2.46. The molecule has 1 heterocycles. The van der Waals surface area contributed by atoms with E-state index < -0.39 is 0 Å². The summed E-state index contributed by atoms with van der Waals surface area (Å²) in [5.41, 5.74) is 2.01. The van der Waals surface area contributed by atoms with Crippen LogP contribution in [0.15, 0.2) is 22.8 Å². The maximum Gasteiger partial charge on any atom is 0.176 e. The van der Waals surface area contributed by atoms with Crippen LogP contribution in [-0.4, -0.2) is 11.2 Å². The predicted octanol–water partition coefficient (Wildman–Crippen LogP) is 0.998. The fourth-order valence-corrected chi connectivity index (χ4v) is 0.561. The van der Waals surface area contributed by atoms with Crippen molar-refractivity contribution in [3.63, 3.8) is 0 Å². The van der Waals surface area contributed by atoms with Gasteiger partial charge in [-0.15, -0.1) is 0 Å². The summed E-state index contributed by atoms with van der Waals surface area (Å²) in [6.45, 7) is 1.75. The van der Waals surface area contributed by atoms with E-state index in [9.17, 15) is 0 Å². The first-order chi connectivity index (χ1) is 5.33. The summed E-state index contributed by atoms with van der Waals surface area (Å²) in [6, 6.07) is 3.29. The van der Waals surface area contributed by atoms with Crippen LogP contribution in [0.4, 0.5) is 0 Å². The lowest BCUT2D eigenvalue weighted by molar-refractivity contribution is 0.152. The molecule has 1 aromatic heterocycles. The second-order valence-electron chi connectivity index (χ2n) is 2.10. The van der Waals surface area contributed by atoms with Gasteiger partial charge in [-0.1, -0.05) is 5.92 Å². The molecule has 3 heteroatoms. The molecule has 3 nitrogen and oxygen atoms in total. The highest BCUT2D eigenvalue weighted by atomic mass is 16.5. The van der Waals surface area contributed by atoms with Crippen LogP contribution in [0.2, 0.25) is 0 Å². The highest BCUT2D eigenvalue weighted by molar-refractivity contribution is 5.25. The van der Waals surface area contributed by atoms with Crippen LogP contribution in [-0.2, 0) is 0 Å². The van der Waals surface area contributed by atoms with Crippen LogP contribution >= 0.6 is 0 Å². The number of furan rings is 1. The summed E-state index contributed by atoms with van der Waals surface area (Å²) < 4.78 is 4.95. The van der Waals surface area contributed by atoms with Gasteiger partial charge in [0.2, 0.25) is 0 Å². The molecule has 0 fully saturated rings. The van der Waals surface area contributed by atoms with Crippen LogP contribution in [0.5, 0.6) is 0 Å². The van der Waals surface area contributed by atoms with Gasteiger partial charge in [0.05, 0.1) is 12.3 Å². The lowest BCUT2D eigenvalue weighted by Gasteiger charge is -1.95. The number of hydrogen-bond acceptors (Lipinski definition) is 3. The molecule has 0 saturated carbocycles. The highest BCUT2D eigenvalue weighted by Gasteiger charge is 1.90. The van der Waals surface area contributed by atoms with E-state index >= 15 is 0 Å². The molecule has 0 bridgehead atoms. The summed E-state index contributed by atoms with van der Waals surface area (Å²) in [7, 11) is 0. The van der Waals surface area contributed by atoms with E-state index in [1.807, 2.05) is 5.48 Å². The normalized spacial score (nSPS) is 11.8. The molecule has 0 spiro atoms. The standard InChI is InChI=1S/C8H9NO2/c1-7(9-10)4-5-8-3-2-6-11-8/h2-3,6-7,9-10H,1H3. The monoisotopic (exact) mass is 151 g/mol. The van der Waals surface area contributed by atoms with Gasteiger partial charge in [-0.3, -0.25) is 0 Å². The van der Waals surface area contributed by atoms with E-state index in [0.29, 0.717) is 5.76 Å². The summed E-state index contributed by atoms with van der Waals surface area (Å²) in [4.78, 5) is 0. The van der Waals surface area contributed by atoms with Crippen molar-refractivity contribution in [2.75, 3.05) is 0 Å². The topological polar surface area (TPSA) is 45.4 Å². The minimum atomic E-state index is -0.236. The summed E-state index contributed by atoms with van der Waals surface area (Å²) in [6.07, 6.45) is 1.56. The fourth-order valence-electron chi connectivity index (χ4n) is 0.561. The van der Waals surface area contributed by atoms with Crippen molar-refractivity contribution >= 4 is 0 Å². The van der Waals surface area contributed by atoms with Gasteiger partial charge in [0.15, 0.2) is 5.76 Å². The zero-order valence-electron chi connectivity index (χ0n) is 6.16. The predicted molar refractivity (Wildman–Crippen MR) is 40.0 cm³/mol. The Bertz CT molecular complexity index is 255. The molecule has 0 saturated heterocycles. The Morgan fingerprint density at radius 1 is 1.73 bits per heavy atom. The SMILES string of the molecule is CC(C#Cc1ccco1)NO. The zero-order valence-corrected chi connectivity index (χ0v) is 6.16. The Morgan fingerprint density at radius 2 is 2.55 bits per heavy atom. The van der Waals surface area contributed by atoms with Crippen LogP contribution < -0.4 is 5.48 Å². The smallest absolute Gasteiger partial charge is 0.176 e. The molecule has 11 heavy (non-hydrogen) atoms. The summed E-state index contributed by atoms with van der Waals surface area (Å²) in [5, 5.41) is 8.38. The van der Waals surface area contributed by atoms with Crippen LogP contribution in [0.1, 0.15) is 12.7 Å². The zero-order chi connectivity index (χ0) is 8.10.